The van der Waals surface area contributed by atoms with Gasteiger partial charge in [-0.25, -0.2) is 0 Å². The van der Waals surface area contributed by atoms with E-state index in [0.717, 1.165) is 21.9 Å². The molecule has 4 heterocycles. The molecule has 3 nitrogen and oxygen atoms in total. The third-order valence-electron chi connectivity index (χ3n) is 16.7. The number of anilines is 3. The van der Waals surface area contributed by atoms with Gasteiger partial charge in [0.1, 0.15) is 11.2 Å². The molecule has 16 rings (SSSR count). The van der Waals surface area contributed by atoms with Gasteiger partial charge in [0, 0.05) is 60.8 Å². The van der Waals surface area contributed by atoms with Crippen molar-refractivity contribution < 1.29 is 4.42 Å². The van der Waals surface area contributed by atoms with Gasteiger partial charge in [-0.15, -0.1) is 0 Å². The van der Waals surface area contributed by atoms with Crippen LogP contribution in [0.15, 0.2) is 192 Å². The van der Waals surface area contributed by atoms with Gasteiger partial charge >= 0.3 is 6.85 Å². The maximum Gasteiger partial charge on any atom is 0.333 e. The molecule has 0 N–H and O–H groups in total. The van der Waals surface area contributed by atoms with Gasteiger partial charge in [0.05, 0.1) is 0 Å². The Morgan fingerprint density at radius 1 is 0.417 bits per heavy atom. The van der Waals surface area contributed by atoms with Crippen LogP contribution in [0.4, 0.5) is 17.1 Å². The number of hydrogen-bond donors (Lipinski definition) is 0. The summed E-state index contributed by atoms with van der Waals surface area (Å²) in [6.45, 7) is 13.9. The lowest BCUT2D eigenvalue weighted by molar-refractivity contribution is 0.569. The van der Waals surface area contributed by atoms with E-state index in [-0.39, 0.29) is 17.7 Å². The lowest BCUT2D eigenvalue weighted by Gasteiger charge is -2.41. The van der Waals surface area contributed by atoms with E-state index in [4.69, 9.17) is 4.42 Å². The first-order valence-electron chi connectivity index (χ1n) is 25.6. The van der Waals surface area contributed by atoms with Crippen LogP contribution >= 0.6 is 0 Å². The van der Waals surface area contributed by atoms with E-state index in [2.05, 4.69) is 239 Å². The smallest absolute Gasteiger partial charge is 0.333 e. The Morgan fingerprint density at radius 3 is 1.62 bits per heavy atom. The summed E-state index contributed by atoms with van der Waals surface area (Å²) in [6, 6.07) is 71.7. The van der Waals surface area contributed by atoms with E-state index >= 15 is 0 Å². The number of hydrogen-bond acceptors (Lipinski definition) is 2. The summed E-state index contributed by atoms with van der Waals surface area (Å²) in [7, 11) is 0. The highest BCUT2D eigenvalue weighted by Gasteiger charge is 2.45. The van der Waals surface area contributed by atoms with E-state index in [0.29, 0.717) is 0 Å². The van der Waals surface area contributed by atoms with Crippen LogP contribution in [0.3, 0.4) is 0 Å². The van der Waals surface area contributed by atoms with E-state index in [1.54, 1.807) is 0 Å². The molecule has 0 bridgehead atoms. The number of furan rings is 1. The molecule has 0 amide bonds. The lowest BCUT2D eigenvalue weighted by Crippen LogP contribution is -2.56. The highest BCUT2D eigenvalue weighted by molar-refractivity contribution is 6.90. The highest BCUT2D eigenvalue weighted by Crippen LogP contribution is 2.53. The SMILES string of the molecule is CC(C)(C)c1cc(N2c3cc4cc5c6ccccc6c6ccccc6c5cc4cc3B3c4c2cc2c(oc5ccccc52)c4-c2cc4ccccc4c4c5c6ccccc6ccc5n3c24)cc(C(C)(C)C)c1. The number of aromatic nitrogens is 1. The monoisotopic (exact) mass is 920 g/mol. The topological polar surface area (TPSA) is 21.3 Å². The fraction of sp³-hybridized carbons (Fsp3) is 0.118. The van der Waals surface area contributed by atoms with Crippen LogP contribution in [0.2, 0.25) is 0 Å². The van der Waals surface area contributed by atoms with E-state index < -0.39 is 0 Å². The van der Waals surface area contributed by atoms with Gasteiger partial charge in [-0.2, -0.15) is 0 Å². The zero-order valence-electron chi connectivity index (χ0n) is 41.3. The number of fused-ring (bicyclic) bond motifs is 22. The molecule has 0 fully saturated rings. The molecule has 14 aromatic rings. The molecule has 2 aliphatic heterocycles. The van der Waals surface area contributed by atoms with Crippen molar-refractivity contribution in [1.29, 1.82) is 0 Å². The largest absolute Gasteiger partial charge is 0.455 e. The summed E-state index contributed by atoms with van der Waals surface area (Å²) in [6.07, 6.45) is 0. The maximum atomic E-state index is 7.25. The van der Waals surface area contributed by atoms with Gasteiger partial charge in [0.15, 0.2) is 0 Å². The maximum absolute atomic E-state index is 7.25. The molecule has 0 saturated carbocycles. The molecule has 2 aromatic heterocycles. The summed E-state index contributed by atoms with van der Waals surface area (Å²) >= 11 is 0. The molecule has 0 radical (unpaired) electrons. The standard InChI is InChI=1S/C68H49BN2O/c1-67(2,3)42-34-43(68(4,5)6)36-44(35-42)70-58-33-41-31-53-50-24-14-12-22-48(50)47-21-11-13-23-49(47)52(53)30-40(41)32-56(58)69-64-59(70)37-54-51-25-15-16-26-60(51)72-66(54)63(64)55-29-39-18-8-10-20-46(39)62-61-45-19-9-7-17-38(45)27-28-57(61)71(69)65(55)62/h7-37H,1-6H3. The predicted octanol–water partition coefficient (Wildman–Crippen LogP) is 17.6. The minimum absolute atomic E-state index is 0.0914. The van der Waals surface area contributed by atoms with Crippen LogP contribution in [0, 0.1) is 0 Å². The fourth-order valence-corrected chi connectivity index (χ4v) is 13.3. The molecule has 72 heavy (non-hydrogen) atoms. The van der Waals surface area contributed by atoms with Gasteiger partial charge in [-0.1, -0.05) is 175 Å². The summed E-state index contributed by atoms with van der Waals surface area (Å²) in [5, 5.41) is 20.1. The van der Waals surface area contributed by atoms with Crippen LogP contribution in [0.5, 0.6) is 0 Å². The summed E-state index contributed by atoms with van der Waals surface area (Å²) < 4.78 is 9.98. The Bertz CT molecular complexity index is 4750. The molecule has 4 heteroatoms. The zero-order chi connectivity index (χ0) is 48.1. The molecule has 12 aromatic carbocycles. The van der Waals surface area contributed by atoms with Gasteiger partial charge < -0.3 is 13.8 Å². The van der Waals surface area contributed by atoms with Crippen molar-refractivity contribution in [2.24, 2.45) is 0 Å². The molecule has 0 spiro atoms. The molecule has 0 unspecified atom stereocenters. The molecule has 2 aliphatic rings. The lowest BCUT2D eigenvalue weighted by atomic mass is 9.44. The van der Waals surface area contributed by atoms with E-state index in [1.807, 2.05) is 0 Å². The number of para-hydroxylation sites is 1. The Morgan fingerprint density at radius 2 is 0.972 bits per heavy atom. The zero-order valence-corrected chi connectivity index (χ0v) is 41.3. The third-order valence-corrected chi connectivity index (χ3v) is 16.7. The van der Waals surface area contributed by atoms with Crippen LogP contribution in [0.1, 0.15) is 52.7 Å². The van der Waals surface area contributed by atoms with Crippen molar-refractivity contribution in [2.75, 3.05) is 4.90 Å². The Kier molecular flexibility index (Phi) is 7.71. The van der Waals surface area contributed by atoms with Crippen molar-refractivity contribution in [1.82, 2.24) is 4.48 Å². The Labute approximate surface area is 417 Å². The van der Waals surface area contributed by atoms with Crippen LogP contribution in [-0.2, 0) is 10.8 Å². The minimum atomic E-state index is -0.185. The quantitative estimate of drug-likeness (QED) is 0.0929. The minimum Gasteiger partial charge on any atom is -0.455 e. The summed E-state index contributed by atoms with van der Waals surface area (Å²) in [5.41, 5.74) is 15.4. The van der Waals surface area contributed by atoms with Crippen molar-refractivity contribution in [2.45, 2.75) is 52.4 Å². The summed E-state index contributed by atoms with van der Waals surface area (Å²) in [5.74, 6) is 0. The van der Waals surface area contributed by atoms with E-state index in [9.17, 15) is 0 Å². The molecule has 0 atom stereocenters. The number of rotatable bonds is 1. The second-order valence-corrected chi connectivity index (χ2v) is 22.8. The first kappa shape index (κ1) is 40.4. The Hall–Kier alpha value is -8.34. The Balaban J connectivity index is 1.14. The highest BCUT2D eigenvalue weighted by atomic mass is 16.3. The normalized spacial score (nSPS) is 13.6. The average molecular weight is 921 g/mol. The predicted molar refractivity (Wildman–Crippen MR) is 310 cm³/mol. The van der Waals surface area contributed by atoms with Crippen molar-refractivity contribution in [3.8, 4) is 11.1 Å². The number of benzene rings is 12. The van der Waals surface area contributed by atoms with Crippen molar-refractivity contribution >= 4 is 143 Å². The molecule has 0 saturated heterocycles. The molecular formula is C68H49BN2O. The molecule has 340 valence electrons. The second-order valence-electron chi connectivity index (χ2n) is 22.8. The van der Waals surface area contributed by atoms with Gasteiger partial charge in [0.25, 0.3) is 0 Å². The van der Waals surface area contributed by atoms with Crippen molar-refractivity contribution in [3.63, 3.8) is 0 Å². The van der Waals surface area contributed by atoms with Gasteiger partial charge in [-0.3, -0.25) is 0 Å². The first-order chi connectivity index (χ1) is 35.0. The fourth-order valence-electron chi connectivity index (χ4n) is 13.3. The van der Waals surface area contributed by atoms with Gasteiger partial charge in [-0.05, 0) is 152 Å². The summed E-state index contributed by atoms with van der Waals surface area (Å²) in [4.78, 5) is 2.64. The van der Waals surface area contributed by atoms with Crippen LogP contribution in [-0.4, -0.2) is 11.3 Å². The molecular weight excluding hydrogens is 872 g/mol. The number of nitrogens with zero attached hydrogens (tertiary/aromatic N) is 2. The van der Waals surface area contributed by atoms with E-state index in [1.165, 1.54) is 137 Å². The average Bonchev–Trinajstić information content (AvgIpc) is 3.95. The molecule has 0 aliphatic carbocycles. The third kappa shape index (κ3) is 5.26. The first-order valence-corrected chi connectivity index (χ1v) is 25.6. The van der Waals surface area contributed by atoms with Gasteiger partial charge in [0.2, 0.25) is 0 Å². The van der Waals surface area contributed by atoms with Crippen molar-refractivity contribution in [3.05, 3.63) is 199 Å². The second kappa shape index (κ2) is 13.7. The van der Waals surface area contributed by atoms with Crippen LogP contribution < -0.4 is 15.8 Å². The van der Waals surface area contributed by atoms with Crippen LogP contribution in [0.25, 0.3) is 120 Å².